The summed E-state index contributed by atoms with van der Waals surface area (Å²) in [5.41, 5.74) is 2.48. The number of hydrazone groups is 1. The summed E-state index contributed by atoms with van der Waals surface area (Å²) in [6.45, 7) is 3.81. The summed E-state index contributed by atoms with van der Waals surface area (Å²) in [7, 11) is -3.66. The second-order valence-corrected chi connectivity index (χ2v) is 6.92. The topological polar surface area (TPSA) is 58.5 Å². The van der Waals surface area contributed by atoms with Gasteiger partial charge in [0.25, 0.3) is 10.0 Å². The third kappa shape index (κ3) is 4.08. The van der Waals surface area contributed by atoms with Crippen LogP contribution in [0, 0.1) is 6.92 Å². The third-order valence-corrected chi connectivity index (χ3v) is 4.62. The predicted octanol–water partition coefficient (Wildman–Crippen LogP) is 3.74. The average molecular weight is 337 g/mol. The Bertz CT molecular complexity index is 767. The van der Waals surface area contributed by atoms with Gasteiger partial charge >= 0.3 is 0 Å². The van der Waals surface area contributed by atoms with Crippen LogP contribution in [0.1, 0.15) is 24.5 Å². The van der Waals surface area contributed by atoms with Crippen LogP contribution < -0.4 is 4.83 Å². The van der Waals surface area contributed by atoms with Crippen LogP contribution in [0.4, 0.5) is 0 Å². The Morgan fingerprint density at radius 1 is 1.09 bits per heavy atom. The van der Waals surface area contributed by atoms with Crippen LogP contribution in [0.2, 0.25) is 5.02 Å². The van der Waals surface area contributed by atoms with Gasteiger partial charge in [0.2, 0.25) is 0 Å². The molecule has 0 heterocycles. The number of hydrogen-bond acceptors (Lipinski definition) is 3. The maximum Gasteiger partial charge on any atom is 0.276 e. The van der Waals surface area contributed by atoms with E-state index in [4.69, 9.17) is 11.6 Å². The maximum atomic E-state index is 12.2. The van der Waals surface area contributed by atoms with Gasteiger partial charge in [-0.1, -0.05) is 48.4 Å². The van der Waals surface area contributed by atoms with E-state index in [1.165, 1.54) is 0 Å². The molecule has 1 N–H and O–H groups in total. The van der Waals surface area contributed by atoms with E-state index in [0.717, 1.165) is 11.1 Å². The Hall–Kier alpha value is -1.85. The summed E-state index contributed by atoms with van der Waals surface area (Å²) < 4.78 is 24.4. The van der Waals surface area contributed by atoms with Crippen molar-refractivity contribution < 1.29 is 8.42 Å². The number of benzene rings is 2. The highest BCUT2D eigenvalue weighted by Gasteiger charge is 2.13. The van der Waals surface area contributed by atoms with Crippen molar-refractivity contribution in [2.24, 2.45) is 5.10 Å². The van der Waals surface area contributed by atoms with Gasteiger partial charge in [0.05, 0.1) is 10.6 Å². The van der Waals surface area contributed by atoms with Crippen LogP contribution in [-0.2, 0) is 10.0 Å². The van der Waals surface area contributed by atoms with Crippen LogP contribution in [0.3, 0.4) is 0 Å². The fourth-order valence-corrected chi connectivity index (χ4v) is 2.83. The second kappa shape index (κ2) is 6.94. The number of nitrogens with one attached hydrogen (secondary N) is 1. The van der Waals surface area contributed by atoms with Gasteiger partial charge < -0.3 is 0 Å². The average Bonchev–Trinajstić information content (AvgIpc) is 2.50. The molecule has 0 unspecified atom stereocenters. The first-order valence-electron chi connectivity index (χ1n) is 6.83. The Labute approximate surface area is 135 Å². The Balaban J connectivity index is 2.24. The minimum absolute atomic E-state index is 0.188. The maximum absolute atomic E-state index is 12.2. The van der Waals surface area contributed by atoms with Gasteiger partial charge in [-0.25, -0.2) is 0 Å². The van der Waals surface area contributed by atoms with Gasteiger partial charge in [-0.3, -0.25) is 0 Å². The minimum atomic E-state index is -3.66. The molecule has 2 aromatic carbocycles. The van der Waals surface area contributed by atoms with Crippen LogP contribution in [0.5, 0.6) is 0 Å². The predicted molar refractivity (Wildman–Crippen MR) is 89.8 cm³/mol. The first-order valence-corrected chi connectivity index (χ1v) is 8.69. The van der Waals surface area contributed by atoms with E-state index in [2.05, 4.69) is 9.93 Å². The van der Waals surface area contributed by atoms with E-state index in [9.17, 15) is 8.42 Å². The second-order valence-electron chi connectivity index (χ2n) is 4.83. The van der Waals surface area contributed by atoms with E-state index in [1.807, 2.05) is 26.0 Å². The van der Waals surface area contributed by atoms with Crippen LogP contribution in [0.15, 0.2) is 58.5 Å². The molecule has 0 aliphatic rings. The summed E-state index contributed by atoms with van der Waals surface area (Å²) in [5.74, 6) is 0. The molecule has 0 spiro atoms. The molecule has 0 aliphatic heterocycles. The molecular formula is C16H17ClN2O2S. The van der Waals surface area contributed by atoms with Crippen molar-refractivity contribution in [1.82, 2.24) is 4.83 Å². The van der Waals surface area contributed by atoms with E-state index in [1.54, 1.807) is 36.4 Å². The van der Waals surface area contributed by atoms with Gasteiger partial charge in [0.1, 0.15) is 0 Å². The van der Waals surface area contributed by atoms with Gasteiger partial charge in [0.15, 0.2) is 0 Å². The number of sulfonamides is 1. The summed E-state index contributed by atoms with van der Waals surface area (Å²) in [6.07, 6.45) is 0.595. The van der Waals surface area contributed by atoms with Gasteiger partial charge in [-0.15, -0.1) is 0 Å². The zero-order chi connectivity index (χ0) is 16.2. The smallest absolute Gasteiger partial charge is 0.200 e. The van der Waals surface area contributed by atoms with Crippen molar-refractivity contribution in [1.29, 1.82) is 0 Å². The highest BCUT2D eigenvalue weighted by atomic mass is 35.5. The van der Waals surface area contributed by atoms with E-state index in [0.29, 0.717) is 17.2 Å². The monoisotopic (exact) mass is 336 g/mol. The molecule has 0 aromatic heterocycles. The summed E-state index contributed by atoms with van der Waals surface area (Å²) >= 11 is 5.85. The zero-order valence-electron chi connectivity index (χ0n) is 12.4. The molecule has 0 amide bonds. The molecule has 0 radical (unpaired) electrons. The van der Waals surface area contributed by atoms with Gasteiger partial charge in [0, 0.05) is 5.02 Å². The lowest BCUT2D eigenvalue weighted by molar-refractivity contribution is 0.584. The summed E-state index contributed by atoms with van der Waals surface area (Å²) in [6, 6.07) is 13.7. The quantitative estimate of drug-likeness (QED) is 0.668. The fraction of sp³-hybridized carbons (Fsp3) is 0.188. The largest absolute Gasteiger partial charge is 0.276 e. The lowest BCUT2D eigenvalue weighted by Gasteiger charge is -2.07. The summed E-state index contributed by atoms with van der Waals surface area (Å²) in [5, 5.41) is 4.67. The molecule has 0 saturated carbocycles. The van der Waals surface area contributed by atoms with Crippen molar-refractivity contribution in [3.05, 3.63) is 64.7 Å². The molecule has 4 nitrogen and oxygen atoms in total. The van der Waals surface area contributed by atoms with Gasteiger partial charge in [-0.05, 0) is 43.2 Å². The highest BCUT2D eigenvalue weighted by Crippen LogP contribution is 2.13. The van der Waals surface area contributed by atoms with E-state index < -0.39 is 10.0 Å². The Morgan fingerprint density at radius 3 is 2.23 bits per heavy atom. The van der Waals surface area contributed by atoms with Crippen molar-refractivity contribution in [2.75, 3.05) is 0 Å². The molecule has 2 rings (SSSR count). The van der Waals surface area contributed by atoms with Crippen LogP contribution >= 0.6 is 11.6 Å². The lowest BCUT2D eigenvalue weighted by Crippen LogP contribution is -2.20. The molecule has 116 valence electrons. The highest BCUT2D eigenvalue weighted by molar-refractivity contribution is 7.89. The lowest BCUT2D eigenvalue weighted by atomic mass is 10.1. The molecule has 0 saturated heterocycles. The Morgan fingerprint density at radius 2 is 1.68 bits per heavy atom. The van der Waals surface area contributed by atoms with E-state index in [-0.39, 0.29) is 4.90 Å². The molecular weight excluding hydrogens is 320 g/mol. The fourth-order valence-electron chi connectivity index (χ4n) is 1.88. The van der Waals surface area contributed by atoms with Crippen LogP contribution in [0.25, 0.3) is 0 Å². The van der Waals surface area contributed by atoms with Crippen LogP contribution in [-0.4, -0.2) is 14.1 Å². The molecule has 22 heavy (non-hydrogen) atoms. The molecule has 0 bridgehead atoms. The summed E-state index contributed by atoms with van der Waals surface area (Å²) in [4.78, 5) is 2.47. The van der Waals surface area contributed by atoms with Crippen molar-refractivity contribution >= 4 is 27.3 Å². The number of halogens is 1. The standard InChI is InChI=1S/C16H17ClN2O2S/c1-3-16(13-6-8-14(17)9-7-13)18-19-22(20,21)15-10-4-12(2)5-11-15/h4-11,19H,3H2,1-2H3/b18-16+. The normalized spacial score (nSPS) is 12.2. The number of rotatable bonds is 5. The molecule has 0 aliphatic carbocycles. The van der Waals surface area contributed by atoms with E-state index >= 15 is 0 Å². The number of aryl methyl sites for hydroxylation is 1. The van der Waals surface area contributed by atoms with Crippen molar-refractivity contribution in [2.45, 2.75) is 25.2 Å². The SMILES string of the molecule is CC/C(=N\NS(=O)(=O)c1ccc(C)cc1)c1ccc(Cl)cc1. The molecule has 2 aromatic rings. The van der Waals surface area contributed by atoms with Crippen molar-refractivity contribution in [3.63, 3.8) is 0 Å². The van der Waals surface area contributed by atoms with Crippen molar-refractivity contribution in [3.8, 4) is 0 Å². The molecule has 6 heteroatoms. The first kappa shape index (κ1) is 16.5. The molecule has 0 atom stereocenters. The Kier molecular flexibility index (Phi) is 5.21. The molecule has 0 fully saturated rings. The first-order chi connectivity index (χ1) is 10.4. The zero-order valence-corrected chi connectivity index (χ0v) is 13.9. The number of nitrogens with zero attached hydrogens (tertiary/aromatic N) is 1. The third-order valence-electron chi connectivity index (χ3n) is 3.14. The van der Waals surface area contributed by atoms with Gasteiger partial charge in [-0.2, -0.15) is 18.4 Å². The minimum Gasteiger partial charge on any atom is -0.200 e. The number of hydrogen-bond donors (Lipinski definition) is 1.